The van der Waals surface area contributed by atoms with Gasteiger partial charge in [-0.25, -0.2) is 0 Å². The molecule has 4 rings (SSSR count). The van der Waals surface area contributed by atoms with Gasteiger partial charge in [-0.05, 0) is 57.5 Å². The minimum atomic E-state index is -0.878. The number of rotatable bonds is 6. The number of carbonyl (C=O) groups is 2. The van der Waals surface area contributed by atoms with Crippen LogP contribution >= 0.6 is 0 Å². The lowest BCUT2D eigenvalue weighted by atomic mass is 9.84. The maximum Gasteiger partial charge on any atom is 0.251 e. The molecule has 1 aromatic carbocycles. The van der Waals surface area contributed by atoms with Crippen LogP contribution < -0.4 is 11.1 Å². The van der Waals surface area contributed by atoms with Gasteiger partial charge in [0.1, 0.15) is 5.60 Å². The second-order valence-corrected chi connectivity index (χ2v) is 8.43. The summed E-state index contributed by atoms with van der Waals surface area (Å²) in [5.41, 5.74) is 6.82. The molecule has 3 N–H and O–H groups in total. The number of carbonyl (C=O) groups excluding carboxylic acids is 2. The summed E-state index contributed by atoms with van der Waals surface area (Å²) < 4.78 is 5.79. The highest BCUT2D eigenvalue weighted by Crippen LogP contribution is 2.48. The Hall–Kier alpha value is -1.92. The minimum Gasteiger partial charge on any atom is -0.367 e. The fourth-order valence-electron chi connectivity index (χ4n) is 4.65. The molecule has 26 heavy (non-hydrogen) atoms. The molecular weight excluding hydrogens is 330 g/mol. The van der Waals surface area contributed by atoms with Crippen molar-refractivity contribution in [3.05, 3.63) is 35.4 Å². The number of amides is 2. The van der Waals surface area contributed by atoms with Crippen LogP contribution in [0.3, 0.4) is 0 Å². The molecule has 1 saturated carbocycles. The topological polar surface area (TPSA) is 84.7 Å². The summed E-state index contributed by atoms with van der Waals surface area (Å²) in [6, 6.07) is 7.81. The number of likely N-dealkylation sites (N-methyl/N-ethyl adjacent to an activating group) is 1. The molecule has 0 radical (unpaired) electrons. The highest BCUT2D eigenvalue weighted by atomic mass is 16.5. The summed E-state index contributed by atoms with van der Waals surface area (Å²) in [6.45, 7) is 1.04. The van der Waals surface area contributed by atoms with Gasteiger partial charge >= 0.3 is 0 Å². The monoisotopic (exact) mass is 357 g/mol. The molecule has 3 unspecified atom stereocenters. The Kier molecular flexibility index (Phi) is 4.08. The summed E-state index contributed by atoms with van der Waals surface area (Å²) in [7, 11) is 4.19. The molecule has 1 aliphatic carbocycles. The number of nitrogens with two attached hydrogens (primary N) is 1. The Morgan fingerprint density at radius 1 is 1.23 bits per heavy atom. The molecule has 6 nitrogen and oxygen atoms in total. The molecule has 3 atom stereocenters. The van der Waals surface area contributed by atoms with E-state index in [1.807, 2.05) is 12.1 Å². The fraction of sp³-hybridized carbons (Fsp3) is 0.600. The van der Waals surface area contributed by atoms with E-state index < -0.39 is 11.5 Å². The van der Waals surface area contributed by atoms with E-state index in [0.29, 0.717) is 18.4 Å². The molecular formula is C20H27N3O3. The predicted molar refractivity (Wildman–Crippen MR) is 97.8 cm³/mol. The van der Waals surface area contributed by atoms with Gasteiger partial charge in [-0.1, -0.05) is 12.1 Å². The Morgan fingerprint density at radius 3 is 2.46 bits per heavy atom. The highest BCUT2D eigenvalue weighted by Gasteiger charge is 2.56. The first-order valence-electron chi connectivity index (χ1n) is 9.38. The standard InChI is InChI=1S/C20H27N3O3/c1-23(2)12-19(9-10-19)14-5-3-13(4-6-14)17(24)22-15-11-20(18(21)25)8-7-16(15)26-20/h3-6,15-16H,7-12H2,1-2H3,(H2,21,25)(H,22,24). The summed E-state index contributed by atoms with van der Waals surface area (Å²) in [5.74, 6) is -0.536. The third-order valence-electron chi connectivity index (χ3n) is 6.21. The van der Waals surface area contributed by atoms with Crippen LogP contribution in [0.5, 0.6) is 0 Å². The second kappa shape index (κ2) is 6.06. The average molecular weight is 357 g/mol. The average Bonchev–Trinajstić information content (AvgIpc) is 3.11. The molecule has 6 heteroatoms. The van der Waals surface area contributed by atoms with E-state index >= 15 is 0 Å². The minimum absolute atomic E-state index is 0.111. The first kappa shape index (κ1) is 17.5. The largest absolute Gasteiger partial charge is 0.367 e. The third-order valence-corrected chi connectivity index (χ3v) is 6.21. The van der Waals surface area contributed by atoms with Crippen LogP contribution in [0.1, 0.15) is 48.0 Å². The molecule has 0 aromatic heterocycles. The van der Waals surface area contributed by atoms with Gasteiger partial charge < -0.3 is 20.7 Å². The molecule has 3 aliphatic rings. The number of ether oxygens (including phenoxy) is 1. The molecule has 2 amide bonds. The van der Waals surface area contributed by atoms with Gasteiger partial charge in [0.15, 0.2) is 0 Å². The van der Waals surface area contributed by atoms with Crippen LogP contribution in [0, 0.1) is 0 Å². The Morgan fingerprint density at radius 2 is 1.92 bits per heavy atom. The zero-order chi connectivity index (χ0) is 18.5. The van der Waals surface area contributed by atoms with E-state index in [-0.39, 0.29) is 23.5 Å². The molecule has 2 aliphatic heterocycles. The molecule has 3 fully saturated rings. The molecule has 0 spiro atoms. The smallest absolute Gasteiger partial charge is 0.251 e. The fourth-order valence-corrected chi connectivity index (χ4v) is 4.65. The third kappa shape index (κ3) is 2.91. The van der Waals surface area contributed by atoms with Crippen molar-refractivity contribution in [3.63, 3.8) is 0 Å². The number of nitrogens with zero attached hydrogens (tertiary/aromatic N) is 1. The number of primary amides is 1. The zero-order valence-corrected chi connectivity index (χ0v) is 15.5. The van der Waals surface area contributed by atoms with Crippen molar-refractivity contribution in [1.29, 1.82) is 0 Å². The first-order valence-corrected chi connectivity index (χ1v) is 9.38. The van der Waals surface area contributed by atoms with Crippen molar-refractivity contribution >= 4 is 11.8 Å². The number of hydrogen-bond acceptors (Lipinski definition) is 4. The van der Waals surface area contributed by atoms with Crippen molar-refractivity contribution in [2.45, 2.75) is 55.3 Å². The molecule has 140 valence electrons. The van der Waals surface area contributed by atoms with Crippen LogP contribution in [0.15, 0.2) is 24.3 Å². The summed E-state index contributed by atoms with van der Waals surface area (Å²) >= 11 is 0. The Labute approximate surface area is 154 Å². The highest BCUT2D eigenvalue weighted by molar-refractivity contribution is 5.94. The summed E-state index contributed by atoms with van der Waals surface area (Å²) in [5, 5.41) is 3.03. The van der Waals surface area contributed by atoms with E-state index in [1.165, 1.54) is 18.4 Å². The normalized spacial score (nSPS) is 31.2. The summed E-state index contributed by atoms with van der Waals surface area (Å²) in [4.78, 5) is 26.5. The van der Waals surface area contributed by atoms with Crippen LogP contribution in [0.2, 0.25) is 0 Å². The van der Waals surface area contributed by atoms with Crippen molar-refractivity contribution in [2.75, 3.05) is 20.6 Å². The summed E-state index contributed by atoms with van der Waals surface area (Å²) in [6.07, 6.45) is 4.19. The van der Waals surface area contributed by atoms with Crippen LogP contribution in [-0.2, 0) is 14.9 Å². The molecule has 1 aromatic rings. The number of hydrogen-bond donors (Lipinski definition) is 2. The van der Waals surface area contributed by atoms with E-state index in [2.05, 4.69) is 36.4 Å². The van der Waals surface area contributed by atoms with Gasteiger partial charge in [0, 0.05) is 23.9 Å². The second-order valence-electron chi connectivity index (χ2n) is 8.43. The van der Waals surface area contributed by atoms with E-state index in [4.69, 9.17) is 10.5 Å². The van der Waals surface area contributed by atoms with Crippen molar-refractivity contribution in [3.8, 4) is 0 Å². The van der Waals surface area contributed by atoms with Crippen molar-refractivity contribution in [1.82, 2.24) is 10.2 Å². The Balaban J connectivity index is 1.41. The van der Waals surface area contributed by atoms with Crippen LogP contribution in [-0.4, -0.2) is 55.1 Å². The van der Waals surface area contributed by atoms with Crippen LogP contribution in [0.25, 0.3) is 0 Å². The molecule has 2 bridgehead atoms. The molecule has 2 heterocycles. The van der Waals surface area contributed by atoms with E-state index in [0.717, 1.165) is 13.0 Å². The molecule has 2 saturated heterocycles. The van der Waals surface area contributed by atoms with Gasteiger partial charge in [-0.2, -0.15) is 0 Å². The van der Waals surface area contributed by atoms with Crippen molar-refractivity contribution in [2.24, 2.45) is 5.73 Å². The van der Waals surface area contributed by atoms with Gasteiger partial charge in [0.2, 0.25) is 5.91 Å². The van der Waals surface area contributed by atoms with Gasteiger partial charge in [0.05, 0.1) is 12.1 Å². The van der Waals surface area contributed by atoms with Crippen LogP contribution in [0.4, 0.5) is 0 Å². The SMILES string of the molecule is CN(C)CC1(c2ccc(C(=O)NC3CC4(C(N)=O)CCC3O4)cc2)CC1. The van der Waals surface area contributed by atoms with Gasteiger partial charge in [-0.15, -0.1) is 0 Å². The first-order chi connectivity index (χ1) is 12.3. The van der Waals surface area contributed by atoms with Crippen molar-refractivity contribution < 1.29 is 14.3 Å². The van der Waals surface area contributed by atoms with E-state index in [9.17, 15) is 9.59 Å². The maximum absolute atomic E-state index is 12.6. The number of fused-ring (bicyclic) bond motifs is 2. The quantitative estimate of drug-likeness (QED) is 0.801. The van der Waals surface area contributed by atoms with Gasteiger partial charge in [-0.3, -0.25) is 9.59 Å². The lowest BCUT2D eigenvalue weighted by molar-refractivity contribution is -0.136. The lowest BCUT2D eigenvalue weighted by Gasteiger charge is -2.24. The predicted octanol–water partition coefficient (Wildman–Crippen LogP) is 1.19. The lowest BCUT2D eigenvalue weighted by Crippen LogP contribution is -2.46. The number of nitrogens with one attached hydrogen (secondary N) is 1. The van der Waals surface area contributed by atoms with E-state index in [1.54, 1.807) is 0 Å². The van der Waals surface area contributed by atoms with Gasteiger partial charge in [0.25, 0.3) is 5.91 Å². The zero-order valence-electron chi connectivity index (χ0n) is 15.5. The Bertz CT molecular complexity index is 726. The maximum atomic E-state index is 12.6. The number of benzene rings is 1.